The van der Waals surface area contributed by atoms with Gasteiger partial charge in [-0.2, -0.15) is 0 Å². The first-order valence-corrected chi connectivity index (χ1v) is 6.22. The molecule has 3 amide bonds. The SMILES string of the molecule is CC(C(=O)NC(N)=O)N1CCC(=NO)c2ccccc21. The standard InChI is InChI=1S/C13H16N4O3/c1-8(12(18)15-13(14)19)17-7-6-10(16-20)9-4-2-3-5-11(9)17/h2-5,8,20H,6-7H2,1H3,(H3,14,15,18,19). The van der Waals surface area contributed by atoms with Crippen LogP contribution in [-0.2, 0) is 4.79 Å². The minimum atomic E-state index is -0.871. The van der Waals surface area contributed by atoms with Gasteiger partial charge in [0, 0.05) is 24.2 Å². The molecular formula is C13H16N4O3. The van der Waals surface area contributed by atoms with Gasteiger partial charge in [-0.1, -0.05) is 23.4 Å². The zero-order chi connectivity index (χ0) is 14.7. The lowest BCUT2D eigenvalue weighted by Crippen LogP contribution is -2.50. The van der Waals surface area contributed by atoms with Crippen LogP contribution in [0.25, 0.3) is 0 Å². The van der Waals surface area contributed by atoms with E-state index in [1.165, 1.54) is 0 Å². The van der Waals surface area contributed by atoms with Crippen molar-refractivity contribution >= 4 is 23.3 Å². The van der Waals surface area contributed by atoms with Crippen LogP contribution < -0.4 is 16.0 Å². The summed E-state index contributed by atoms with van der Waals surface area (Å²) in [6, 6.07) is 5.92. The van der Waals surface area contributed by atoms with Crippen molar-refractivity contribution in [2.45, 2.75) is 19.4 Å². The fraction of sp³-hybridized carbons (Fsp3) is 0.308. The van der Waals surface area contributed by atoms with Gasteiger partial charge in [0.05, 0.1) is 5.71 Å². The monoisotopic (exact) mass is 276 g/mol. The van der Waals surface area contributed by atoms with Crippen LogP contribution in [0.2, 0.25) is 0 Å². The summed E-state index contributed by atoms with van der Waals surface area (Å²) >= 11 is 0. The fourth-order valence-electron chi connectivity index (χ4n) is 2.32. The third-order valence-corrected chi connectivity index (χ3v) is 3.33. The van der Waals surface area contributed by atoms with Crippen LogP contribution in [0.4, 0.5) is 10.5 Å². The number of hydrogen-bond donors (Lipinski definition) is 3. The van der Waals surface area contributed by atoms with Crippen molar-refractivity contribution < 1.29 is 14.8 Å². The number of nitrogens with two attached hydrogens (primary N) is 1. The smallest absolute Gasteiger partial charge is 0.318 e. The van der Waals surface area contributed by atoms with Crippen molar-refractivity contribution in [1.29, 1.82) is 0 Å². The van der Waals surface area contributed by atoms with E-state index in [-0.39, 0.29) is 0 Å². The van der Waals surface area contributed by atoms with Gasteiger partial charge in [-0.3, -0.25) is 10.1 Å². The molecule has 1 aliphatic rings. The number of benzene rings is 1. The second-order valence-corrected chi connectivity index (χ2v) is 4.54. The molecule has 1 aliphatic heterocycles. The lowest BCUT2D eigenvalue weighted by Gasteiger charge is -2.35. The predicted octanol–water partition coefficient (Wildman–Crippen LogP) is 0.658. The van der Waals surface area contributed by atoms with Gasteiger partial charge in [0.2, 0.25) is 5.91 Å². The summed E-state index contributed by atoms with van der Waals surface area (Å²) in [5.41, 5.74) is 7.11. The molecule has 1 aromatic rings. The molecule has 0 radical (unpaired) electrons. The molecule has 1 unspecified atom stereocenters. The summed E-state index contributed by atoms with van der Waals surface area (Å²) in [5, 5.41) is 14.4. The van der Waals surface area contributed by atoms with Crippen molar-refractivity contribution in [2.75, 3.05) is 11.4 Å². The largest absolute Gasteiger partial charge is 0.411 e. The van der Waals surface area contributed by atoms with Crippen LogP contribution in [0.3, 0.4) is 0 Å². The molecule has 1 atom stereocenters. The Hall–Kier alpha value is -2.57. The first kappa shape index (κ1) is 13.9. The molecule has 7 heteroatoms. The normalized spacial score (nSPS) is 17.4. The summed E-state index contributed by atoms with van der Waals surface area (Å²) in [6.07, 6.45) is 0.516. The van der Waals surface area contributed by atoms with Crippen molar-refractivity contribution in [1.82, 2.24) is 5.32 Å². The maximum atomic E-state index is 11.9. The zero-order valence-electron chi connectivity index (χ0n) is 11.0. The molecule has 2 rings (SSSR count). The van der Waals surface area contributed by atoms with Crippen molar-refractivity contribution in [3.05, 3.63) is 29.8 Å². The zero-order valence-corrected chi connectivity index (χ0v) is 11.0. The first-order chi connectivity index (χ1) is 9.54. The van der Waals surface area contributed by atoms with Crippen LogP contribution in [0.15, 0.2) is 29.4 Å². The number of carbonyl (C=O) groups is 2. The number of primary amides is 1. The number of urea groups is 1. The Labute approximate surface area is 116 Å². The second-order valence-electron chi connectivity index (χ2n) is 4.54. The Morgan fingerprint density at radius 2 is 2.15 bits per heavy atom. The number of rotatable bonds is 2. The number of para-hydroxylation sites is 1. The molecule has 0 bridgehead atoms. The minimum Gasteiger partial charge on any atom is -0.411 e. The van der Waals surface area contributed by atoms with Crippen LogP contribution in [0.5, 0.6) is 0 Å². The summed E-state index contributed by atoms with van der Waals surface area (Å²) in [4.78, 5) is 24.5. The van der Waals surface area contributed by atoms with E-state index < -0.39 is 18.0 Å². The highest BCUT2D eigenvalue weighted by Crippen LogP contribution is 2.28. The topological polar surface area (TPSA) is 108 Å². The molecule has 0 saturated heterocycles. The number of nitrogens with one attached hydrogen (secondary N) is 1. The van der Waals surface area contributed by atoms with Gasteiger partial charge < -0.3 is 15.8 Å². The van der Waals surface area contributed by atoms with Gasteiger partial charge in [0.15, 0.2) is 0 Å². The molecule has 7 nitrogen and oxygen atoms in total. The lowest BCUT2D eigenvalue weighted by atomic mass is 9.98. The number of nitrogens with zero attached hydrogens (tertiary/aromatic N) is 2. The molecule has 0 saturated carbocycles. The summed E-state index contributed by atoms with van der Waals surface area (Å²) in [5.74, 6) is -0.461. The van der Waals surface area contributed by atoms with E-state index in [9.17, 15) is 9.59 Å². The summed E-state index contributed by atoms with van der Waals surface area (Å²) < 4.78 is 0. The van der Waals surface area contributed by atoms with Crippen molar-refractivity contribution in [3.8, 4) is 0 Å². The van der Waals surface area contributed by atoms with E-state index in [1.807, 2.05) is 29.2 Å². The van der Waals surface area contributed by atoms with E-state index in [4.69, 9.17) is 10.9 Å². The first-order valence-electron chi connectivity index (χ1n) is 6.22. The average Bonchev–Trinajstić information content (AvgIpc) is 2.44. The molecule has 0 aromatic heterocycles. The Morgan fingerprint density at radius 3 is 2.80 bits per heavy atom. The maximum absolute atomic E-state index is 11.9. The highest BCUT2D eigenvalue weighted by molar-refractivity contribution is 6.08. The molecule has 0 fully saturated rings. The molecule has 1 heterocycles. The quantitative estimate of drug-likeness (QED) is 0.544. The Bertz CT molecular complexity index is 570. The van der Waals surface area contributed by atoms with Gasteiger partial charge in [-0.15, -0.1) is 0 Å². The van der Waals surface area contributed by atoms with Gasteiger partial charge >= 0.3 is 6.03 Å². The third-order valence-electron chi connectivity index (χ3n) is 3.33. The lowest BCUT2D eigenvalue weighted by molar-refractivity contribution is -0.120. The van der Waals surface area contributed by atoms with Crippen molar-refractivity contribution in [2.24, 2.45) is 10.9 Å². The molecule has 0 spiro atoms. The van der Waals surface area contributed by atoms with Gasteiger partial charge in [0.25, 0.3) is 0 Å². The van der Waals surface area contributed by atoms with Crippen LogP contribution in [0.1, 0.15) is 18.9 Å². The number of amides is 3. The van der Waals surface area contributed by atoms with Gasteiger partial charge in [-0.25, -0.2) is 4.79 Å². The number of oxime groups is 1. The molecule has 106 valence electrons. The van der Waals surface area contributed by atoms with Crippen LogP contribution in [0, 0.1) is 0 Å². The number of anilines is 1. The second kappa shape index (κ2) is 5.60. The highest BCUT2D eigenvalue weighted by Gasteiger charge is 2.29. The Morgan fingerprint density at radius 1 is 1.45 bits per heavy atom. The van der Waals surface area contributed by atoms with E-state index in [0.717, 1.165) is 11.3 Å². The van der Waals surface area contributed by atoms with Gasteiger partial charge in [-0.05, 0) is 13.0 Å². The molecule has 20 heavy (non-hydrogen) atoms. The fourth-order valence-corrected chi connectivity index (χ4v) is 2.32. The van der Waals surface area contributed by atoms with Crippen LogP contribution >= 0.6 is 0 Å². The van der Waals surface area contributed by atoms with Crippen LogP contribution in [-0.4, -0.2) is 35.4 Å². The summed E-state index contributed by atoms with van der Waals surface area (Å²) in [6.45, 7) is 2.21. The molecule has 0 aliphatic carbocycles. The minimum absolute atomic E-state index is 0.461. The van der Waals surface area contributed by atoms with E-state index in [0.29, 0.717) is 18.7 Å². The maximum Gasteiger partial charge on any atom is 0.318 e. The average molecular weight is 276 g/mol. The van der Waals surface area contributed by atoms with Crippen molar-refractivity contribution in [3.63, 3.8) is 0 Å². The summed E-state index contributed by atoms with van der Waals surface area (Å²) in [7, 11) is 0. The third kappa shape index (κ3) is 2.56. The van der Waals surface area contributed by atoms with Gasteiger partial charge in [0.1, 0.15) is 6.04 Å². The molecule has 1 aromatic carbocycles. The van der Waals surface area contributed by atoms with E-state index >= 15 is 0 Å². The number of imide groups is 1. The number of fused-ring (bicyclic) bond motifs is 1. The number of carbonyl (C=O) groups excluding carboxylic acids is 2. The Kier molecular flexibility index (Phi) is 3.88. The van der Waals surface area contributed by atoms with E-state index in [2.05, 4.69) is 10.5 Å². The Balaban J connectivity index is 2.30. The highest BCUT2D eigenvalue weighted by atomic mass is 16.4. The van der Waals surface area contributed by atoms with E-state index in [1.54, 1.807) is 6.92 Å². The molecular weight excluding hydrogens is 260 g/mol. The predicted molar refractivity (Wildman–Crippen MR) is 73.9 cm³/mol. The molecule has 4 N–H and O–H groups in total. The number of hydrogen-bond acceptors (Lipinski definition) is 5.